The van der Waals surface area contributed by atoms with Gasteiger partial charge in [0.05, 0.1) is 13.2 Å². The summed E-state index contributed by atoms with van der Waals surface area (Å²) >= 11 is 0. The van der Waals surface area contributed by atoms with Crippen LogP contribution < -0.4 is 10.9 Å². The van der Waals surface area contributed by atoms with Crippen LogP contribution in [0.25, 0.3) is 0 Å². The van der Waals surface area contributed by atoms with Gasteiger partial charge in [-0.25, -0.2) is 0 Å². The Balaban J connectivity index is 0.000000199. The Morgan fingerprint density at radius 1 is 1.29 bits per heavy atom. The highest BCUT2D eigenvalue weighted by Gasteiger charge is 2.30. The van der Waals surface area contributed by atoms with E-state index in [2.05, 4.69) is 24.5 Å². The van der Waals surface area contributed by atoms with Crippen molar-refractivity contribution in [3.8, 4) is 0 Å². The molecule has 1 saturated heterocycles. The highest BCUT2D eigenvalue weighted by molar-refractivity contribution is 5.16. The summed E-state index contributed by atoms with van der Waals surface area (Å²) in [5.74, 6) is 1.21. The van der Waals surface area contributed by atoms with Gasteiger partial charge in [0.25, 0.3) is 5.56 Å². The van der Waals surface area contributed by atoms with E-state index in [9.17, 15) is 4.79 Å². The molecule has 1 aromatic heterocycles. The Labute approximate surface area is 126 Å². The van der Waals surface area contributed by atoms with E-state index in [1.54, 1.807) is 18.2 Å². The first-order valence-electron chi connectivity index (χ1n) is 7.46. The highest BCUT2D eigenvalue weighted by Crippen LogP contribution is 2.31. The Morgan fingerprint density at radius 2 is 2.05 bits per heavy atom. The lowest BCUT2D eigenvalue weighted by Crippen LogP contribution is -2.44. The van der Waals surface area contributed by atoms with Crippen LogP contribution in [0.5, 0.6) is 0 Å². The molecule has 0 aliphatic carbocycles. The molecule has 4 nitrogen and oxygen atoms in total. The number of hydrogen-bond acceptors (Lipinski definition) is 3. The zero-order chi connectivity index (χ0) is 15.1. The summed E-state index contributed by atoms with van der Waals surface area (Å²) in [7, 11) is 0. The lowest BCUT2D eigenvalue weighted by atomic mass is 9.84. The monoisotopic (exact) mass is 288 g/mol. The lowest BCUT2D eigenvalue weighted by molar-refractivity contribution is 0.194. The molecular formula is C17H24N2O2. The minimum Gasteiger partial charge on any atom is -0.373 e. The van der Waals surface area contributed by atoms with Crippen LogP contribution in [0, 0.1) is 5.92 Å². The second kappa shape index (κ2) is 7.96. The molecule has 0 unspecified atom stereocenters. The van der Waals surface area contributed by atoms with Gasteiger partial charge in [-0.15, -0.1) is 13.2 Å². The average molecular weight is 288 g/mol. The first kappa shape index (κ1) is 15.7. The number of aromatic nitrogens is 1. The summed E-state index contributed by atoms with van der Waals surface area (Å²) in [4.78, 5) is 11.6. The number of pyridine rings is 1. The maximum absolute atomic E-state index is 11.6. The fraction of sp³-hybridized carbons (Fsp3) is 0.471. The molecule has 1 N–H and O–H groups in total. The van der Waals surface area contributed by atoms with Gasteiger partial charge < -0.3 is 14.6 Å². The van der Waals surface area contributed by atoms with Crippen molar-refractivity contribution in [2.75, 3.05) is 26.3 Å². The molecule has 0 aromatic carbocycles. The van der Waals surface area contributed by atoms with Gasteiger partial charge in [-0.2, -0.15) is 0 Å². The SMILES string of the molecule is C=CCOCC=C.O=c1cccc2n1C[C@@H]1CNC[C@H]2C1. The molecule has 2 bridgehead atoms. The molecule has 0 amide bonds. The Hall–Kier alpha value is -1.65. The lowest BCUT2D eigenvalue weighted by Gasteiger charge is -2.37. The number of rotatable bonds is 4. The van der Waals surface area contributed by atoms with E-state index in [0.29, 0.717) is 25.0 Å². The number of piperidine rings is 1. The number of ether oxygens (including phenoxy) is 1. The van der Waals surface area contributed by atoms with E-state index in [4.69, 9.17) is 4.74 Å². The highest BCUT2D eigenvalue weighted by atomic mass is 16.5. The van der Waals surface area contributed by atoms with Gasteiger partial charge in [0.15, 0.2) is 0 Å². The van der Waals surface area contributed by atoms with Crippen LogP contribution in [0.1, 0.15) is 18.0 Å². The Bertz CT molecular complexity index is 528. The quantitative estimate of drug-likeness (QED) is 0.680. The van der Waals surface area contributed by atoms with Crippen LogP contribution in [0.3, 0.4) is 0 Å². The van der Waals surface area contributed by atoms with E-state index in [1.165, 1.54) is 12.1 Å². The van der Waals surface area contributed by atoms with Gasteiger partial charge in [-0.3, -0.25) is 4.79 Å². The molecule has 1 fully saturated rings. The van der Waals surface area contributed by atoms with Crippen LogP contribution in [0.15, 0.2) is 48.3 Å². The molecule has 1 aromatic rings. The maximum atomic E-state index is 11.6. The zero-order valence-electron chi connectivity index (χ0n) is 12.5. The van der Waals surface area contributed by atoms with Crippen molar-refractivity contribution >= 4 is 0 Å². The summed E-state index contributed by atoms with van der Waals surface area (Å²) in [6.07, 6.45) is 4.67. The molecule has 2 atom stereocenters. The van der Waals surface area contributed by atoms with Crippen LogP contribution in [0.4, 0.5) is 0 Å². The van der Waals surface area contributed by atoms with Crippen LogP contribution in [-0.2, 0) is 11.3 Å². The number of fused-ring (bicyclic) bond motifs is 4. The Kier molecular flexibility index (Phi) is 5.96. The minimum atomic E-state index is 0.166. The number of nitrogens with one attached hydrogen (secondary N) is 1. The van der Waals surface area contributed by atoms with E-state index in [1.807, 2.05) is 10.6 Å². The fourth-order valence-corrected chi connectivity index (χ4v) is 2.98. The molecular weight excluding hydrogens is 264 g/mol. The van der Waals surface area contributed by atoms with Crippen molar-refractivity contribution < 1.29 is 4.74 Å². The second-order valence-corrected chi connectivity index (χ2v) is 5.47. The van der Waals surface area contributed by atoms with Gasteiger partial charge in [0, 0.05) is 30.8 Å². The van der Waals surface area contributed by atoms with Gasteiger partial charge >= 0.3 is 0 Å². The first-order chi connectivity index (χ1) is 10.3. The van der Waals surface area contributed by atoms with Gasteiger partial charge in [0.1, 0.15) is 0 Å². The first-order valence-corrected chi connectivity index (χ1v) is 7.46. The van der Waals surface area contributed by atoms with E-state index in [-0.39, 0.29) is 5.56 Å². The smallest absolute Gasteiger partial charge is 0.250 e. The molecule has 0 spiro atoms. The minimum absolute atomic E-state index is 0.166. The third kappa shape index (κ3) is 4.16. The van der Waals surface area contributed by atoms with Crippen molar-refractivity contribution in [2.24, 2.45) is 5.92 Å². The molecule has 3 rings (SSSR count). The van der Waals surface area contributed by atoms with E-state index < -0.39 is 0 Å². The largest absolute Gasteiger partial charge is 0.373 e. The van der Waals surface area contributed by atoms with Gasteiger partial charge in [-0.05, 0) is 24.9 Å². The standard InChI is InChI=1S/C11H14N2O.C6H10O/c14-11-3-1-2-10-9-4-8(5-12-6-9)7-13(10)11;1-3-5-7-6-4-2/h1-3,8-9,12H,4-7H2;3-4H,1-2,5-6H2/t8-,9+;/m0./s1. The number of hydrogen-bond donors (Lipinski definition) is 1. The third-order valence-electron chi connectivity index (χ3n) is 3.86. The Morgan fingerprint density at radius 3 is 2.76 bits per heavy atom. The normalized spacial score (nSPS) is 22.5. The predicted molar refractivity (Wildman–Crippen MR) is 85.6 cm³/mol. The molecule has 4 heteroatoms. The van der Waals surface area contributed by atoms with Crippen LogP contribution in [-0.4, -0.2) is 30.9 Å². The van der Waals surface area contributed by atoms with Gasteiger partial charge in [-0.1, -0.05) is 18.2 Å². The van der Waals surface area contributed by atoms with Crippen molar-refractivity contribution in [3.63, 3.8) is 0 Å². The van der Waals surface area contributed by atoms with Crippen molar-refractivity contribution in [1.82, 2.24) is 9.88 Å². The van der Waals surface area contributed by atoms with Crippen molar-refractivity contribution in [1.29, 1.82) is 0 Å². The topological polar surface area (TPSA) is 43.3 Å². The summed E-state index contributed by atoms with van der Waals surface area (Å²) in [5.41, 5.74) is 1.39. The summed E-state index contributed by atoms with van der Waals surface area (Å²) in [6.45, 7) is 11.2. The average Bonchev–Trinajstić information content (AvgIpc) is 2.50. The molecule has 2 aliphatic rings. The van der Waals surface area contributed by atoms with Crippen molar-refractivity contribution in [2.45, 2.75) is 18.9 Å². The van der Waals surface area contributed by atoms with Crippen molar-refractivity contribution in [3.05, 3.63) is 59.6 Å². The van der Waals surface area contributed by atoms with E-state index in [0.717, 1.165) is 19.6 Å². The predicted octanol–water partition coefficient (Wildman–Crippen LogP) is 1.93. The molecule has 114 valence electrons. The molecule has 3 heterocycles. The fourth-order valence-electron chi connectivity index (χ4n) is 2.98. The summed E-state index contributed by atoms with van der Waals surface area (Å²) in [5, 5.41) is 3.43. The number of nitrogens with zero attached hydrogens (tertiary/aromatic N) is 1. The molecule has 0 saturated carbocycles. The summed E-state index contributed by atoms with van der Waals surface area (Å²) in [6, 6.07) is 5.64. The van der Waals surface area contributed by atoms with Crippen LogP contribution in [0.2, 0.25) is 0 Å². The second-order valence-electron chi connectivity index (χ2n) is 5.47. The van der Waals surface area contributed by atoms with Gasteiger partial charge in [0.2, 0.25) is 0 Å². The zero-order valence-corrected chi connectivity index (χ0v) is 12.5. The third-order valence-corrected chi connectivity index (χ3v) is 3.86. The molecule has 21 heavy (non-hydrogen) atoms. The summed E-state index contributed by atoms with van der Waals surface area (Å²) < 4.78 is 6.85. The van der Waals surface area contributed by atoms with E-state index >= 15 is 0 Å². The molecule has 0 radical (unpaired) electrons. The van der Waals surface area contributed by atoms with Crippen LogP contribution >= 0.6 is 0 Å². The maximum Gasteiger partial charge on any atom is 0.250 e. The molecule has 2 aliphatic heterocycles.